The minimum atomic E-state index is -0.766. The van der Waals surface area contributed by atoms with E-state index in [1.807, 2.05) is 54.6 Å². The first kappa shape index (κ1) is 28.9. The highest BCUT2D eigenvalue weighted by atomic mass is 32.1. The second kappa shape index (κ2) is 12.5. The average molecular weight is 583 g/mol. The maximum Gasteiger partial charge on any atom is 0.271 e. The third-order valence-corrected chi connectivity index (χ3v) is 8.34. The molecular formula is C33H34N4O4S. The van der Waals surface area contributed by atoms with Gasteiger partial charge in [0.15, 0.2) is 4.80 Å². The molecule has 0 aliphatic carbocycles. The number of aromatic nitrogens is 1. The van der Waals surface area contributed by atoms with Gasteiger partial charge in [0, 0.05) is 36.1 Å². The lowest BCUT2D eigenvalue weighted by Gasteiger charge is -2.26. The highest BCUT2D eigenvalue weighted by molar-refractivity contribution is 7.07. The smallest absolute Gasteiger partial charge is 0.271 e. The van der Waals surface area contributed by atoms with Crippen molar-refractivity contribution in [2.45, 2.75) is 26.8 Å². The number of ether oxygens (including phenoxy) is 2. The number of carbonyl (C=O) groups excluding carboxylic acids is 1. The summed E-state index contributed by atoms with van der Waals surface area (Å²) in [6.45, 7) is 7.89. The number of hydrogen-bond acceptors (Lipinski definition) is 7. The van der Waals surface area contributed by atoms with E-state index in [1.165, 1.54) is 11.3 Å². The summed E-state index contributed by atoms with van der Waals surface area (Å²) in [7, 11) is 3.14. The van der Waals surface area contributed by atoms with Crippen LogP contribution in [-0.4, -0.2) is 37.8 Å². The zero-order chi connectivity index (χ0) is 29.8. The zero-order valence-electron chi connectivity index (χ0n) is 24.4. The Kier molecular flexibility index (Phi) is 8.59. The third kappa shape index (κ3) is 5.60. The number of anilines is 2. The summed E-state index contributed by atoms with van der Waals surface area (Å²) in [6, 6.07) is 22.0. The molecule has 1 aliphatic heterocycles. The van der Waals surface area contributed by atoms with Crippen molar-refractivity contribution in [2.75, 3.05) is 37.5 Å². The molecule has 0 spiro atoms. The van der Waals surface area contributed by atoms with Crippen LogP contribution in [0.4, 0.5) is 11.4 Å². The van der Waals surface area contributed by atoms with Gasteiger partial charge in [0.05, 0.1) is 30.0 Å². The fraction of sp³-hybridized carbons (Fsp3) is 0.242. The summed E-state index contributed by atoms with van der Waals surface area (Å²) >= 11 is 1.30. The van der Waals surface area contributed by atoms with Gasteiger partial charge in [0.25, 0.3) is 11.5 Å². The SMILES string of the molecule is CCN(CC)c1ccc(/C=c2\sc3n(c2=O)[C@@H](c2ccc(OC)cc2OC)C(C(=O)Nc2ccccc2)=C(C)N=3)cc1. The Morgan fingerprint density at radius 1 is 1.02 bits per heavy atom. The highest BCUT2D eigenvalue weighted by Gasteiger charge is 2.34. The van der Waals surface area contributed by atoms with Crippen molar-refractivity contribution in [3.05, 3.63) is 115 Å². The number of hydrogen-bond donors (Lipinski definition) is 1. The van der Waals surface area contributed by atoms with E-state index in [0.29, 0.717) is 43.4 Å². The number of para-hydroxylation sites is 1. The second-order valence-electron chi connectivity index (χ2n) is 9.77. The maximum atomic E-state index is 14.1. The Labute approximate surface area is 248 Å². The molecule has 1 N–H and O–H groups in total. The fourth-order valence-electron chi connectivity index (χ4n) is 5.19. The molecule has 0 saturated heterocycles. The Hall–Kier alpha value is -4.63. The number of amides is 1. The summed E-state index contributed by atoms with van der Waals surface area (Å²) in [5.41, 5.74) is 4.01. The first-order chi connectivity index (χ1) is 20.4. The largest absolute Gasteiger partial charge is 0.497 e. The highest BCUT2D eigenvalue weighted by Crippen LogP contribution is 2.37. The molecule has 2 heterocycles. The zero-order valence-corrected chi connectivity index (χ0v) is 25.2. The summed E-state index contributed by atoms with van der Waals surface area (Å²) in [4.78, 5) is 35.4. The molecule has 0 saturated carbocycles. The van der Waals surface area contributed by atoms with E-state index in [1.54, 1.807) is 37.8 Å². The number of benzene rings is 3. The van der Waals surface area contributed by atoms with E-state index in [-0.39, 0.29) is 11.5 Å². The van der Waals surface area contributed by atoms with Gasteiger partial charge in [0.2, 0.25) is 0 Å². The van der Waals surface area contributed by atoms with Gasteiger partial charge in [0.1, 0.15) is 17.5 Å². The predicted molar refractivity (Wildman–Crippen MR) is 168 cm³/mol. The number of fused-ring (bicyclic) bond motifs is 1. The van der Waals surface area contributed by atoms with E-state index >= 15 is 0 Å². The summed E-state index contributed by atoms with van der Waals surface area (Å²) < 4.78 is 13.3. The van der Waals surface area contributed by atoms with Gasteiger partial charge in [-0.15, -0.1) is 0 Å². The monoisotopic (exact) mass is 582 g/mol. The summed E-state index contributed by atoms with van der Waals surface area (Å²) in [6.07, 6.45) is 1.88. The molecule has 0 fully saturated rings. The predicted octanol–water partition coefficient (Wildman–Crippen LogP) is 4.74. The quantitative estimate of drug-likeness (QED) is 0.308. The normalized spacial score (nSPS) is 14.7. The number of methoxy groups -OCH3 is 2. The molecule has 0 unspecified atom stereocenters. The topological polar surface area (TPSA) is 85.2 Å². The lowest BCUT2D eigenvalue weighted by atomic mass is 9.94. The molecule has 0 bridgehead atoms. The summed E-state index contributed by atoms with van der Waals surface area (Å²) in [5, 5.41) is 2.98. The first-order valence-corrected chi connectivity index (χ1v) is 14.7. The van der Waals surface area contributed by atoms with E-state index in [0.717, 1.165) is 24.3 Å². The molecule has 1 aliphatic rings. The lowest BCUT2D eigenvalue weighted by Crippen LogP contribution is -2.40. The van der Waals surface area contributed by atoms with Crippen LogP contribution < -0.4 is 34.6 Å². The molecule has 1 aromatic heterocycles. The molecular weight excluding hydrogens is 548 g/mol. The van der Waals surface area contributed by atoms with Crippen LogP contribution in [0, 0.1) is 0 Å². The number of allylic oxidation sites excluding steroid dienone is 1. The van der Waals surface area contributed by atoms with Gasteiger partial charge in [-0.25, -0.2) is 4.99 Å². The van der Waals surface area contributed by atoms with Gasteiger partial charge in [-0.05, 0) is 68.8 Å². The number of rotatable bonds is 9. The molecule has 42 heavy (non-hydrogen) atoms. The molecule has 1 atom stereocenters. The van der Waals surface area contributed by atoms with E-state index < -0.39 is 6.04 Å². The molecule has 1 amide bonds. The fourth-order valence-corrected chi connectivity index (χ4v) is 6.24. The van der Waals surface area contributed by atoms with Gasteiger partial charge >= 0.3 is 0 Å². The second-order valence-corrected chi connectivity index (χ2v) is 10.8. The van der Waals surface area contributed by atoms with Crippen molar-refractivity contribution in [1.29, 1.82) is 0 Å². The van der Waals surface area contributed by atoms with Gasteiger partial charge in [-0.2, -0.15) is 0 Å². The minimum absolute atomic E-state index is 0.230. The number of thiazole rings is 1. The van der Waals surface area contributed by atoms with Crippen molar-refractivity contribution >= 4 is 34.7 Å². The Bertz CT molecular complexity index is 1800. The molecule has 8 nitrogen and oxygen atoms in total. The Morgan fingerprint density at radius 2 is 1.74 bits per heavy atom. The molecule has 5 rings (SSSR count). The van der Waals surface area contributed by atoms with Gasteiger partial charge < -0.3 is 19.7 Å². The van der Waals surface area contributed by atoms with Crippen LogP contribution in [0.5, 0.6) is 11.5 Å². The Balaban J connectivity index is 1.66. The number of nitrogens with one attached hydrogen (secondary N) is 1. The lowest BCUT2D eigenvalue weighted by molar-refractivity contribution is -0.113. The molecule has 0 radical (unpaired) electrons. The van der Waals surface area contributed by atoms with Crippen molar-refractivity contribution in [1.82, 2.24) is 4.57 Å². The molecule has 9 heteroatoms. The average Bonchev–Trinajstić information content (AvgIpc) is 3.31. The van der Waals surface area contributed by atoms with E-state index in [9.17, 15) is 9.59 Å². The molecule has 4 aromatic rings. The van der Waals surface area contributed by atoms with Crippen LogP contribution in [-0.2, 0) is 4.79 Å². The molecule has 3 aromatic carbocycles. The van der Waals surface area contributed by atoms with Crippen LogP contribution in [0.25, 0.3) is 6.08 Å². The van der Waals surface area contributed by atoms with E-state index in [4.69, 9.17) is 14.5 Å². The van der Waals surface area contributed by atoms with Crippen LogP contribution in [0.15, 0.2) is 93.9 Å². The first-order valence-electron chi connectivity index (χ1n) is 13.8. The number of carbonyl (C=O) groups is 1. The Morgan fingerprint density at radius 3 is 2.38 bits per heavy atom. The van der Waals surface area contributed by atoms with Crippen molar-refractivity contribution in [3.63, 3.8) is 0 Å². The van der Waals surface area contributed by atoms with Crippen molar-refractivity contribution < 1.29 is 14.3 Å². The minimum Gasteiger partial charge on any atom is -0.497 e. The number of nitrogens with zero attached hydrogens (tertiary/aromatic N) is 3. The van der Waals surface area contributed by atoms with Crippen molar-refractivity contribution in [3.8, 4) is 11.5 Å². The molecule has 216 valence electrons. The third-order valence-electron chi connectivity index (χ3n) is 7.35. The van der Waals surface area contributed by atoms with Crippen LogP contribution in [0.3, 0.4) is 0 Å². The van der Waals surface area contributed by atoms with Crippen LogP contribution >= 0.6 is 11.3 Å². The van der Waals surface area contributed by atoms with Gasteiger partial charge in [-0.3, -0.25) is 14.2 Å². The summed E-state index contributed by atoms with van der Waals surface area (Å²) in [5.74, 6) is 0.763. The van der Waals surface area contributed by atoms with Crippen molar-refractivity contribution in [2.24, 2.45) is 4.99 Å². The van der Waals surface area contributed by atoms with E-state index in [2.05, 4.69) is 36.2 Å². The standard InChI is InChI=1S/C33H34N4O4S/c1-6-36(7-2)24-15-13-22(14-16-24)19-28-32(39)37-30(26-18-17-25(40-4)20-27(26)41-5)29(21(3)34-33(37)42-28)31(38)35-23-11-9-8-10-12-23/h8-20,30H,6-7H2,1-5H3,(H,35,38)/b28-19-/t30-/m0/s1. The van der Waals surface area contributed by atoms with Crippen LogP contribution in [0.2, 0.25) is 0 Å². The van der Waals surface area contributed by atoms with Gasteiger partial charge in [-0.1, -0.05) is 41.7 Å². The van der Waals surface area contributed by atoms with Crippen LogP contribution in [0.1, 0.15) is 37.9 Å². The maximum absolute atomic E-state index is 14.1.